The van der Waals surface area contributed by atoms with E-state index >= 15 is 0 Å². The molecule has 184 valence electrons. The van der Waals surface area contributed by atoms with Crippen molar-refractivity contribution in [1.82, 2.24) is 24.4 Å². The van der Waals surface area contributed by atoms with E-state index in [1.165, 1.54) is 12.7 Å². The Morgan fingerprint density at radius 1 is 1.12 bits per heavy atom. The third-order valence-electron chi connectivity index (χ3n) is 6.66. The summed E-state index contributed by atoms with van der Waals surface area (Å²) in [7, 11) is 0. The molecule has 5 rings (SSSR count). The van der Waals surface area contributed by atoms with Crippen LogP contribution in [0, 0.1) is 0 Å². The first kappa shape index (κ1) is 23.2. The molecule has 0 radical (unpaired) electrons. The lowest BCUT2D eigenvalue weighted by Gasteiger charge is -2.39. The smallest absolute Gasteiger partial charge is 0.269 e. The molecule has 3 aliphatic rings. The van der Waals surface area contributed by atoms with Crippen molar-refractivity contribution in [2.75, 3.05) is 18.5 Å². The van der Waals surface area contributed by atoms with Crippen LogP contribution < -0.4 is 9.80 Å². The fraction of sp³-hybridized carbons (Fsp3) is 0.600. The fourth-order valence-corrected chi connectivity index (χ4v) is 4.81. The van der Waals surface area contributed by atoms with Gasteiger partial charge in [0, 0.05) is 6.20 Å². The number of hydrogen-bond donors (Lipinski definition) is 7. The summed E-state index contributed by atoms with van der Waals surface area (Å²) in [4.78, 5) is 20.4. The monoisotopic (exact) mass is 478 g/mol. The van der Waals surface area contributed by atoms with Crippen LogP contribution in [0.15, 0.2) is 23.8 Å². The third-order valence-corrected chi connectivity index (χ3v) is 6.66. The third kappa shape index (κ3) is 3.50. The molecule has 2 aromatic heterocycles. The van der Waals surface area contributed by atoms with Gasteiger partial charge in [-0.05, 0) is 6.92 Å². The van der Waals surface area contributed by atoms with Crippen LogP contribution in [0.2, 0.25) is 0 Å². The highest BCUT2D eigenvalue weighted by molar-refractivity contribution is 5.92. The second-order valence-electron chi connectivity index (χ2n) is 8.68. The molecule has 0 spiro atoms. The number of anilines is 1. The van der Waals surface area contributed by atoms with Crippen molar-refractivity contribution < 1.29 is 35.0 Å². The van der Waals surface area contributed by atoms with E-state index < -0.39 is 60.7 Å². The Morgan fingerprint density at radius 2 is 1.91 bits per heavy atom. The summed E-state index contributed by atoms with van der Waals surface area (Å²) in [6.07, 6.45) is -1.44. The molecule has 0 aromatic carbocycles. The van der Waals surface area contributed by atoms with Gasteiger partial charge in [0.05, 0.1) is 43.8 Å². The summed E-state index contributed by atoms with van der Waals surface area (Å²) < 4.78 is 11.4. The van der Waals surface area contributed by atoms with Gasteiger partial charge in [-0.1, -0.05) is 0 Å². The van der Waals surface area contributed by atoms with Gasteiger partial charge in [-0.3, -0.25) is 0 Å². The van der Waals surface area contributed by atoms with E-state index in [0.29, 0.717) is 17.3 Å². The molecule has 0 bridgehead atoms. The van der Waals surface area contributed by atoms with Gasteiger partial charge in [0.1, 0.15) is 24.6 Å². The highest BCUT2D eigenvalue weighted by Crippen LogP contribution is 2.48. The van der Waals surface area contributed by atoms with Gasteiger partial charge in [-0.15, -0.1) is 0 Å². The highest BCUT2D eigenvalue weighted by atomic mass is 16.6. The van der Waals surface area contributed by atoms with Gasteiger partial charge in [-0.25, -0.2) is 9.97 Å². The van der Waals surface area contributed by atoms with Crippen LogP contribution in [0.1, 0.15) is 25.1 Å². The van der Waals surface area contributed by atoms with Crippen molar-refractivity contribution >= 4 is 23.7 Å². The van der Waals surface area contributed by atoms with Crippen LogP contribution in [-0.4, -0.2) is 108 Å². The minimum Gasteiger partial charge on any atom is -0.394 e. The van der Waals surface area contributed by atoms with Crippen molar-refractivity contribution in [1.29, 1.82) is 0 Å². The number of imidazole rings is 1. The number of hydrogen-bond acceptors (Lipinski definition) is 12. The molecule has 2 fully saturated rings. The average Bonchev–Trinajstić information content (AvgIpc) is 3.62. The Hall–Kier alpha value is -2.56. The van der Waals surface area contributed by atoms with Gasteiger partial charge < -0.3 is 45.3 Å². The maximum absolute atomic E-state index is 10.9. The van der Waals surface area contributed by atoms with E-state index in [0.717, 1.165) is 5.69 Å². The van der Waals surface area contributed by atoms with Crippen molar-refractivity contribution in [2.45, 2.75) is 62.4 Å². The molecule has 14 heteroatoms. The first-order valence-corrected chi connectivity index (χ1v) is 11.0. The van der Waals surface area contributed by atoms with Crippen molar-refractivity contribution in [3.63, 3.8) is 0 Å². The van der Waals surface area contributed by atoms with Gasteiger partial charge >= 0.3 is 0 Å². The Kier molecular flexibility index (Phi) is 6.07. The lowest BCUT2D eigenvalue weighted by atomic mass is 10.1. The van der Waals surface area contributed by atoms with Gasteiger partial charge in [0.2, 0.25) is 18.8 Å². The molecule has 0 amide bonds. The van der Waals surface area contributed by atoms with Gasteiger partial charge in [0.25, 0.3) is 5.82 Å². The Balaban J connectivity index is 1.57. The molecule has 9 atom stereocenters. The first-order valence-electron chi connectivity index (χ1n) is 11.0. The number of aliphatic hydroxyl groups is 5. The Bertz CT molecular complexity index is 1040. The van der Waals surface area contributed by atoms with Crippen LogP contribution in [0.5, 0.6) is 0 Å². The molecule has 14 nitrogen and oxygen atoms in total. The highest BCUT2D eigenvalue weighted by Gasteiger charge is 2.63. The van der Waals surface area contributed by atoms with Crippen molar-refractivity contribution in [3.05, 3.63) is 24.5 Å². The normalized spacial score (nSPS) is 37.8. The Labute approximate surface area is 194 Å². The number of ether oxygens (including phenoxy) is 2. The first-order chi connectivity index (χ1) is 16.4. The zero-order valence-electron chi connectivity index (χ0n) is 18.3. The van der Waals surface area contributed by atoms with Gasteiger partial charge in [0.15, 0.2) is 17.6 Å². The van der Waals surface area contributed by atoms with Crippen LogP contribution >= 0.6 is 0 Å². The number of nitrogens with zero attached hydrogens (tertiary/aromatic N) is 5. The zero-order valence-corrected chi connectivity index (χ0v) is 18.3. The van der Waals surface area contributed by atoms with Crippen LogP contribution in [0.4, 0.5) is 17.3 Å². The predicted molar refractivity (Wildman–Crippen MR) is 117 cm³/mol. The van der Waals surface area contributed by atoms with E-state index in [1.807, 2.05) is 6.92 Å². The molecule has 7 N–H and O–H groups in total. The van der Waals surface area contributed by atoms with Gasteiger partial charge in [-0.2, -0.15) is 14.5 Å². The maximum Gasteiger partial charge on any atom is 0.269 e. The van der Waals surface area contributed by atoms with Crippen molar-refractivity contribution in [3.8, 4) is 0 Å². The summed E-state index contributed by atoms with van der Waals surface area (Å²) in [6, 6.07) is -0.222. The summed E-state index contributed by atoms with van der Waals surface area (Å²) in [5, 5.41) is 54.3. The number of rotatable bonds is 7. The van der Waals surface area contributed by atoms with E-state index in [9.17, 15) is 25.5 Å². The number of aliphatic imine (C=N–C) groups is 1. The summed E-state index contributed by atoms with van der Waals surface area (Å²) in [6.45, 7) is 0.985. The van der Waals surface area contributed by atoms with E-state index in [-0.39, 0.29) is 12.5 Å². The zero-order chi connectivity index (χ0) is 24.0. The number of nitrogens with one attached hydrogen (secondary N) is 2. The molecule has 2 aromatic rings. The number of H-pyrrole nitrogens is 1. The average molecular weight is 478 g/mol. The second kappa shape index (κ2) is 8.90. The fourth-order valence-electron chi connectivity index (χ4n) is 4.81. The molecule has 0 aliphatic carbocycles. The van der Waals surface area contributed by atoms with Crippen LogP contribution in [0.3, 0.4) is 0 Å². The van der Waals surface area contributed by atoms with Crippen LogP contribution in [0.25, 0.3) is 0 Å². The second-order valence-corrected chi connectivity index (χ2v) is 8.68. The number of aliphatic hydroxyl groups excluding tert-OH is 5. The quantitative estimate of drug-likeness (QED) is 0.223. The minimum absolute atomic E-state index is 0.0829. The molecule has 2 saturated heterocycles. The topological polar surface area (TPSA) is 198 Å². The lowest BCUT2D eigenvalue weighted by Crippen LogP contribution is -2.65. The molecule has 2 unspecified atom stereocenters. The molecule has 3 aliphatic heterocycles. The molecular weight excluding hydrogens is 450 g/mol. The summed E-state index contributed by atoms with van der Waals surface area (Å²) >= 11 is 0. The summed E-state index contributed by atoms with van der Waals surface area (Å²) in [5.41, 5.74) is 1.12. The molecule has 0 saturated carbocycles. The molecule has 5 heterocycles. The number of quaternary nitrogens is 1. The Morgan fingerprint density at radius 3 is 2.56 bits per heavy atom. The van der Waals surface area contributed by atoms with Crippen LogP contribution in [-0.2, 0) is 9.47 Å². The predicted octanol–water partition coefficient (Wildman–Crippen LogP) is -1.74. The van der Waals surface area contributed by atoms with Crippen molar-refractivity contribution in [2.24, 2.45) is 4.99 Å². The number of aromatic nitrogens is 4. The molecular formula is C20H28N7O7+. The summed E-state index contributed by atoms with van der Waals surface area (Å²) in [5.74, 6) is 0.720. The maximum atomic E-state index is 10.9. The van der Waals surface area contributed by atoms with E-state index in [1.54, 1.807) is 12.5 Å². The lowest BCUT2D eigenvalue weighted by molar-refractivity contribution is -0.133. The van der Waals surface area contributed by atoms with E-state index in [2.05, 4.69) is 30.2 Å². The van der Waals surface area contributed by atoms with E-state index in [4.69, 9.17) is 9.47 Å². The number of aromatic amines is 1. The number of fused-ring (bicyclic) bond motifs is 1. The minimum atomic E-state index is -1.42. The molecule has 34 heavy (non-hydrogen) atoms. The SMILES string of the molecule is CC(Nc1ncnc2c1N=C[N+]2([C@@H]1C[C@H](O)[C@@H](CO)O1)[C@@H]1O[C@H](CO)[C@@H](O)[C@H]1O)c1c[nH]cn1. The standard InChI is InChI=1S/C20H28N7O7/c1-9(10-3-21-6-22-10)26-18-15-19(24-7-23-18)27(8-25-15,14-2-11(30)12(4-28)33-14)20-17(32)16(31)13(5-29)34-20/h3,6-9,11-14,16-17,20,28-32H,2,4-5H2,1H3,(H,21,22)(H,23,24,26)/q+1/t9?,11-,12+,13+,14-,16+,17+,20+,27?/m0/s1. The largest absolute Gasteiger partial charge is 0.394 e.